The minimum atomic E-state index is 0.573. The summed E-state index contributed by atoms with van der Waals surface area (Å²) in [5, 5.41) is 6.28. The van der Waals surface area contributed by atoms with Crippen molar-refractivity contribution in [3.8, 4) is 17.2 Å². The van der Waals surface area contributed by atoms with Crippen molar-refractivity contribution in [2.24, 2.45) is 0 Å². The topological polar surface area (TPSA) is 47.3 Å². The van der Waals surface area contributed by atoms with Crippen LogP contribution in [-0.2, 0) is 0 Å². The minimum Gasteiger partial charge on any atom is -0.497 e. The number of oxazole rings is 1. The fourth-order valence-electron chi connectivity index (χ4n) is 3.41. The van der Waals surface area contributed by atoms with Crippen molar-refractivity contribution in [2.75, 3.05) is 12.4 Å². The Bertz CT molecular complexity index is 1310. The second kappa shape index (κ2) is 7.15. The number of aromatic nitrogens is 1. The summed E-state index contributed by atoms with van der Waals surface area (Å²) in [5.41, 5.74) is 4.37. The van der Waals surface area contributed by atoms with Gasteiger partial charge in [-0.25, -0.2) is 4.98 Å². The van der Waals surface area contributed by atoms with Crippen LogP contribution in [0.5, 0.6) is 5.75 Å². The zero-order chi connectivity index (χ0) is 19.8. The molecule has 0 aliphatic rings. The summed E-state index contributed by atoms with van der Waals surface area (Å²) >= 11 is 6.01. The molecule has 0 unspecified atom stereocenters. The van der Waals surface area contributed by atoms with Crippen LogP contribution in [0, 0.1) is 0 Å². The molecule has 0 radical (unpaired) electrons. The number of nitrogens with zero attached hydrogens (tertiary/aromatic N) is 1. The predicted molar refractivity (Wildman–Crippen MR) is 118 cm³/mol. The fourth-order valence-corrected chi connectivity index (χ4v) is 3.53. The van der Waals surface area contributed by atoms with Crippen LogP contribution in [0.1, 0.15) is 0 Å². The highest BCUT2D eigenvalue weighted by Crippen LogP contribution is 2.36. The molecule has 0 saturated carbocycles. The smallest absolute Gasteiger partial charge is 0.227 e. The van der Waals surface area contributed by atoms with Gasteiger partial charge in [-0.2, -0.15) is 0 Å². The quantitative estimate of drug-likeness (QED) is 0.351. The van der Waals surface area contributed by atoms with E-state index in [1.165, 1.54) is 0 Å². The number of ether oxygens (including phenoxy) is 1. The molecule has 0 saturated heterocycles. The Kier molecular flexibility index (Phi) is 4.34. The normalized spacial score (nSPS) is 11.1. The molecular formula is C24H17ClN2O2. The van der Waals surface area contributed by atoms with Gasteiger partial charge < -0.3 is 14.5 Å². The van der Waals surface area contributed by atoms with Crippen LogP contribution in [0.4, 0.5) is 11.4 Å². The van der Waals surface area contributed by atoms with E-state index in [4.69, 9.17) is 25.7 Å². The summed E-state index contributed by atoms with van der Waals surface area (Å²) in [6, 6.07) is 25.5. The van der Waals surface area contributed by atoms with Crippen molar-refractivity contribution < 1.29 is 9.15 Å². The molecule has 1 heterocycles. The molecule has 5 rings (SSSR count). The lowest BCUT2D eigenvalue weighted by Gasteiger charge is -2.10. The number of fused-ring (bicyclic) bond motifs is 3. The van der Waals surface area contributed by atoms with Crippen LogP contribution in [0.2, 0.25) is 5.02 Å². The maximum absolute atomic E-state index is 6.10. The highest BCUT2D eigenvalue weighted by atomic mass is 35.5. The second-order valence-corrected chi connectivity index (χ2v) is 7.13. The highest BCUT2D eigenvalue weighted by Gasteiger charge is 2.14. The van der Waals surface area contributed by atoms with Crippen LogP contribution >= 0.6 is 11.6 Å². The number of benzene rings is 4. The number of halogens is 1. The van der Waals surface area contributed by atoms with Crippen molar-refractivity contribution in [1.82, 2.24) is 4.98 Å². The van der Waals surface area contributed by atoms with Crippen molar-refractivity contribution in [2.45, 2.75) is 0 Å². The number of methoxy groups -OCH3 is 1. The van der Waals surface area contributed by atoms with Crippen LogP contribution < -0.4 is 10.1 Å². The van der Waals surface area contributed by atoms with Gasteiger partial charge >= 0.3 is 0 Å². The summed E-state index contributed by atoms with van der Waals surface area (Å²) in [4.78, 5) is 4.76. The number of anilines is 2. The van der Waals surface area contributed by atoms with Crippen LogP contribution in [-0.4, -0.2) is 12.1 Å². The van der Waals surface area contributed by atoms with E-state index in [1.807, 2.05) is 66.7 Å². The van der Waals surface area contributed by atoms with Gasteiger partial charge in [0, 0.05) is 33.1 Å². The van der Waals surface area contributed by atoms with Gasteiger partial charge in [0.05, 0.1) is 12.8 Å². The lowest BCUT2D eigenvalue weighted by molar-refractivity contribution is 0.415. The Morgan fingerprint density at radius 3 is 2.34 bits per heavy atom. The summed E-state index contributed by atoms with van der Waals surface area (Å²) in [5.74, 6) is 1.39. The number of rotatable bonds is 4. The van der Waals surface area contributed by atoms with E-state index >= 15 is 0 Å². The number of hydrogen-bond donors (Lipinski definition) is 1. The lowest BCUT2D eigenvalue weighted by Crippen LogP contribution is -1.92. The molecule has 0 amide bonds. The molecule has 5 aromatic rings. The van der Waals surface area contributed by atoms with E-state index in [0.29, 0.717) is 10.9 Å². The molecular weight excluding hydrogens is 384 g/mol. The van der Waals surface area contributed by atoms with E-state index in [2.05, 4.69) is 17.4 Å². The molecule has 1 N–H and O–H groups in total. The zero-order valence-corrected chi connectivity index (χ0v) is 16.4. The zero-order valence-electron chi connectivity index (χ0n) is 15.6. The van der Waals surface area contributed by atoms with Gasteiger partial charge in [0.2, 0.25) is 5.89 Å². The fraction of sp³-hybridized carbons (Fsp3) is 0.0417. The van der Waals surface area contributed by atoms with Gasteiger partial charge in [0.1, 0.15) is 11.3 Å². The molecule has 142 valence electrons. The number of nitrogens with one attached hydrogen (secondary N) is 1. The van der Waals surface area contributed by atoms with Gasteiger partial charge in [0.25, 0.3) is 0 Å². The molecule has 0 bridgehead atoms. The summed E-state index contributed by atoms with van der Waals surface area (Å²) in [6.45, 7) is 0. The Morgan fingerprint density at radius 2 is 1.62 bits per heavy atom. The monoisotopic (exact) mass is 400 g/mol. The summed E-state index contributed by atoms with van der Waals surface area (Å²) in [7, 11) is 1.66. The molecule has 0 aliphatic heterocycles. The van der Waals surface area contributed by atoms with E-state index in [0.717, 1.165) is 44.6 Å². The van der Waals surface area contributed by atoms with Crippen molar-refractivity contribution in [3.05, 3.63) is 83.9 Å². The third-order valence-corrected chi connectivity index (χ3v) is 5.11. The van der Waals surface area contributed by atoms with Gasteiger partial charge in [-0.05, 0) is 48.5 Å². The number of hydrogen-bond acceptors (Lipinski definition) is 4. The minimum absolute atomic E-state index is 0.573. The largest absolute Gasteiger partial charge is 0.497 e. The lowest BCUT2D eigenvalue weighted by atomic mass is 10.1. The average Bonchev–Trinajstić information content (AvgIpc) is 3.19. The van der Waals surface area contributed by atoms with Gasteiger partial charge in [-0.15, -0.1) is 0 Å². The Hall–Kier alpha value is -3.50. The first-order valence-corrected chi connectivity index (χ1v) is 9.58. The van der Waals surface area contributed by atoms with Gasteiger partial charge in [-0.1, -0.05) is 35.9 Å². The molecule has 0 spiro atoms. The molecule has 5 heteroatoms. The Balaban J connectivity index is 1.64. The van der Waals surface area contributed by atoms with Crippen molar-refractivity contribution in [3.63, 3.8) is 0 Å². The average molecular weight is 401 g/mol. The molecule has 29 heavy (non-hydrogen) atoms. The summed E-state index contributed by atoms with van der Waals surface area (Å²) < 4.78 is 11.3. The Labute approximate surface area is 172 Å². The van der Waals surface area contributed by atoms with Crippen molar-refractivity contribution in [1.29, 1.82) is 0 Å². The standard InChI is InChI=1S/C24H17ClN2O2/c1-28-18-12-10-17(11-13-18)26-21-14-22-23(20-5-3-2-4-19(20)21)27-24(29-22)15-6-8-16(25)9-7-15/h2-14,26H,1H3. The van der Waals surface area contributed by atoms with Crippen LogP contribution in [0.15, 0.2) is 83.3 Å². The first-order valence-electron chi connectivity index (χ1n) is 9.20. The van der Waals surface area contributed by atoms with E-state index < -0.39 is 0 Å². The summed E-state index contributed by atoms with van der Waals surface area (Å²) in [6.07, 6.45) is 0. The first kappa shape index (κ1) is 17.6. The molecule has 1 aromatic heterocycles. The van der Waals surface area contributed by atoms with Gasteiger partial charge in [0.15, 0.2) is 5.58 Å². The highest BCUT2D eigenvalue weighted by molar-refractivity contribution is 6.30. The maximum atomic E-state index is 6.10. The molecule has 0 atom stereocenters. The van der Waals surface area contributed by atoms with Crippen LogP contribution in [0.25, 0.3) is 33.3 Å². The third kappa shape index (κ3) is 3.28. The molecule has 0 aliphatic carbocycles. The van der Waals surface area contributed by atoms with E-state index in [9.17, 15) is 0 Å². The SMILES string of the molecule is COc1ccc(Nc2cc3oc(-c4ccc(Cl)cc4)nc3c3ccccc23)cc1. The van der Waals surface area contributed by atoms with Crippen LogP contribution in [0.3, 0.4) is 0 Å². The maximum Gasteiger partial charge on any atom is 0.227 e. The third-order valence-electron chi connectivity index (χ3n) is 4.86. The predicted octanol–water partition coefficient (Wildman–Crippen LogP) is 7.05. The second-order valence-electron chi connectivity index (χ2n) is 6.70. The van der Waals surface area contributed by atoms with Crippen molar-refractivity contribution >= 4 is 44.8 Å². The molecule has 4 nitrogen and oxygen atoms in total. The first-order chi connectivity index (χ1) is 14.2. The molecule has 0 fully saturated rings. The van der Waals surface area contributed by atoms with E-state index in [1.54, 1.807) is 7.11 Å². The molecule has 4 aromatic carbocycles. The van der Waals surface area contributed by atoms with E-state index in [-0.39, 0.29) is 0 Å². The van der Waals surface area contributed by atoms with Gasteiger partial charge in [-0.3, -0.25) is 0 Å². The Morgan fingerprint density at radius 1 is 0.897 bits per heavy atom.